The van der Waals surface area contributed by atoms with Gasteiger partial charge in [-0.25, -0.2) is 0 Å². The molecule has 1 aliphatic rings. The van der Waals surface area contributed by atoms with Crippen LogP contribution in [0, 0.1) is 0 Å². The van der Waals surface area contributed by atoms with Crippen molar-refractivity contribution in [2.75, 3.05) is 0 Å². The monoisotopic (exact) mass is 260 g/mol. The molecule has 1 aromatic carbocycles. The zero-order valence-corrected chi connectivity index (χ0v) is 10.5. The molecule has 2 rings (SSSR count). The fourth-order valence-corrected chi connectivity index (χ4v) is 3.39. The molecule has 2 atom stereocenters. The summed E-state index contributed by atoms with van der Waals surface area (Å²) in [4.78, 5) is 13.6. The first-order valence-corrected chi connectivity index (χ1v) is 6.35. The van der Waals surface area contributed by atoms with Gasteiger partial charge in [-0.1, -0.05) is 0 Å². The van der Waals surface area contributed by atoms with E-state index < -0.39 is 0 Å². The Balaban J connectivity index is 2.51. The summed E-state index contributed by atoms with van der Waals surface area (Å²) in [6.45, 7) is 0. The summed E-state index contributed by atoms with van der Waals surface area (Å²) < 4.78 is -0.0755. The van der Waals surface area contributed by atoms with Crippen LogP contribution in [0.3, 0.4) is 0 Å². The van der Waals surface area contributed by atoms with Gasteiger partial charge in [-0.3, -0.25) is 4.79 Å². The van der Waals surface area contributed by atoms with Crippen molar-refractivity contribution in [2.24, 2.45) is 0 Å². The van der Waals surface area contributed by atoms with Crippen molar-refractivity contribution in [3.63, 3.8) is 0 Å². The molecule has 14 heavy (non-hydrogen) atoms. The van der Waals surface area contributed by atoms with Gasteiger partial charge in [0.2, 0.25) is 0 Å². The molecule has 2 unspecified atom stereocenters. The molecular formula is C9H8OS4. The summed E-state index contributed by atoms with van der Waals surface area (Å²) in [5, 5.41) is -0.318. The minimum absolute atomic E-state index is 0.0513. The molecule has 0 fully saturated rings. The lowest BCUT2D eigenvalue weighted by atomic mass is 10.1. The highest BCUT2D eigenvalue weighted by Crippen LogP contribution is 2.39. The third-order valence-corrected chi connectivity index (χ3v) is 4.98. The van der Waals surface area contributed by atoms with Gasteiger partial charge in [-0.15, -0.1) is 24.4 Å². The molecule has 0 spiro atoms. The maximum atomic E-state index is 11.8. The van der Waals surface area contributed by atoms with Gasteiger partial charge in [0.15, 0.2) is 5.78 Å². The Hall–Kier alpha value is 0.290. The Labute approximate surface area is 103 Å². The summed E-state index contributed by atoms with van der Waals surface area (Å²) >= 11 is 14.3. The van der Waals surface area contributed by atoms with E-state index in [1.165, 1.54) is 0 Å². The first-order chi connectivity index (χ1) is 6.59. The van der Waals surface area contributed by atoms with Crippen molar-refractivity contribution < 1.29 is 4.79 Å². The molecule has 1 aromatic rings. The topological polar surface area (TPSA) is 17.1 Å². The van der Waals surface area contributed by atoms with E-state index in [4.69, 9.17) is 0 Å². The molecule has 0 radical (unpaired) electrons. The number of hydrogen-bond acceptors (Lipinski definition) is 5. The molecule has 0 bridgehead atoms. The van der Waals surface area contributed by atoms with Gasteiger partial charge in [-0.05, 0) is 18.2 Å². The minimum atomic E-state index is -0.318. The second kappa shape index (κ2) is 4.04. The summed E-state index contributed by atoms with van der Waals surface area (Å²) in [6.07, 6.45) is 0. The Morgan fingerprint density at radius 2 is 2.00 bits per heavy atom. The Morgan fingerprint density at radius 1 is 1.29 bits per heavy atom. The minimum Gasteiger partial charge on any atom is -0.293 e. The molecule has 1 nitrogen and oxygen atoms in total. The van der Waals surface area contributed by atoms with Crippen LogP contribution < -0.4 is 0 Å². The molecule has 0 amide bonds. The predicted octanol–water partition coefficient (Wildman–Crippen LogP) is 2.82. The number of benzene rings is 1. The van der Waals surface area contributed by atoms with Crippen LogP contribution in [0.15, 0.2) is 28.0 Å². The van der Waals surface area contributed by atoms with E-state index in [-0.39, 0.29) is 15.6 Å². The average Bonchev–Trinajstić information content (AvgIpc) is 2.14. The number of thioether (sulfide) groups is 1. The number of hydrogen-bond donors (Lipinski definition) is 3. The van der Waals surface area contributed by atoms with Crippen molar-refractivity contribution in [1.82, 2.24) is 0 Å². The van der Waals surface area contributed by atoms with Crippen LogP contribution in [0.2, 0.25) is 0 Å². The van der Waals surface area contributed by atoms with Crippen LogP contribution in [-0.4, -0.2) is 15.6 Å². The zero-order chi connectivity index (χ0) is 10.3. The Bertz CT molecular complexity index is 390. The van der Waals surface area contributed by atoms with Crippen LogP contribution in [0.25, 0.3) is 0 Å². The van der Waals surface area contributed by atoms with Gasteiger partial charge in [0.1, 0.15) is 0 Å². The highest BCUT2D eigenvalue weighted by Gasteiger charge is 2.31. The quantitative estimate of drug-likeness (QED) is 0.623. The number of carbonyl (C=O) groups is 1. The van der Waals surface area contributed by atoms with Gasteiger partial charge in [0.25, 0.3) is 0 Å². The summed E-state index contributed by atoms with van der Waals surface area (Å²) in [7, 11) is 0. The smallest absolute Gasteiger partial charge is 0.178 e. The first-order valence-electron chi connectivity index (χ1n) is 3.99. The van der Waals surface area contributed by atoms with Gasteiger partial charge in [-0.2, -0.15) is 25.3 Å². The number of fused-ring (bicyclic) bond motifs is 1. The fourth-order valence-electron chi connectivity index (χ4n) is 1.30. The molecule has 1 heterocycles. The van der Waals surface area contributed by atoms with Crippen molar-refractivity contribution in [3.8, 4) is 0 Å². The van der Waals surface area contributed by atoms with E-state index in [2.05, 4.69) is 37.9 Å². The maximum Gasteiger partial charge on any atom is 0.178 e. The maximum absolute atomic E-state index is 11.8. The molecule has 0 aromatic heterocycles. The Morgan fingerprint density at radius 3 is 2.71 bits per heavy atom. The standard InChI is InChI=1S/C9H8OS4/c10-7-5-2-1-4(11)3-6(5)14-9(13)8(7)12/h1-3,8-9,11-13H. The molecule has 0 saturated heterocycles. The molecule has 0 N–H and O–H groups in total. The van der Waals surface area contributed by atoms with Crippen molar-refractivity contribution in [3.05, 3.63) is 23.8 Å². The average molecular weight is 260 g/mol. The van der Waals surface area contributed by atoms with Gasteiger partial charge >= 0.3 is 0 Å². The number of Topliss-reactive ketones (excluding diaryl/α,β-unsaturated/α-hetero) is 1. The highest BCUT2D eigenvalue weighted by molar-refractivity contribution is 8.11. The normalized spacial score (nSPS) is 26.1. The van der Waals surface area contributed by atoms with Crippen LogP contribution in [0.1, 0.15) is 10.4 Å². The zero-order valence-electron chi connectivity index (χ0n) is 7.04. The second-order valence-electron chi connectivity index (χ2n) is 3.00. The van der Waals surface area contributed by atoms with Crippen LogP contribution in [0.4, 0.5) is 0 Å². The second-order valence-corrected chi connectivity index (χ2v) is 6.16. The third kappa shape index (κ3) is 1.83. The number of rotatable bonds is 0. The molecule has 5 heteroatoms. The first kappa shape index (κ1) is 10.8. The summed E-state index contributed by atoms with van der Waals surface area (Å²) in [5.41, 5.74) is 0.734. The molecule has 0 saturated carbocycles. The lowest BCUT2D eigenvalue weighted by Crippen LogP contribution is -2.27. The molecular weight excluding hydrogens is 252 g/mol. The predicted molar refractivity (Wildman–Crippen MR) is 69.4 cm³/mol. The van der Waals surface area contributed by atoms with E-state index in [1.54, 1.807) is 17.8 Å². The van der Waals surface area contributed by atoms with E-state index >= 15 is 0 Å². The van der Waals surface area contributed by atoms with E-state index in [9.17, 15) is 4.79 Å². The SMILES string of the molecule is O=C1c2ccc(S)cc2SC(S)C1S. The van der Waals surface area contributed by atoms with Crippen molar-refractivity contribution in [2.45, 2.75) is 19.6 Å². The third-order valence-electron chi connectivity index (χ3n) is 2.02. The fraction of sp³-hybridized carbons (Fsp3) is 0.222. The highest BCUT2D eigenvalue weighted by atomic mass is 32.2. The van der Waals surface area contributed by atoms with Gasteiger partial charge in [0.05, 0.1) is 9.83 Å². The Kier molecular flexibility index (Phi) is 3.12. The van der Waals surface area contributed by atoms with Gasteiger partial charge < -0.3 is 0 Å². The lowest BCUT2D eigenvalue weighted by Gasteiger charge is -2.24. The van der Waals surface area contributed by atoms with Crippen LogP contribution in [-0.2, 0) is 0 Å². The van der Waals surface area contributed by atoms with Crippen LogP contribution >= 0.6 is 49.6 Å². The lowest BCUT2D eigenvalue weighted by molar-refractivity contribution is 0.0989. The number of thiol groups is 3. The van der Waals surface area contributed by atoms with E-state index in [0.717, 1.165) is 15.4 Å². The van der Waals surface area contributed by atoms with Gasteiger partial charge in [0, 0.05) is 15.4 Å². The number of ketones is 1. The summed E-state index contributed by atoms with van der Waals surface area (Å²) in [5.74, 6) is 0.0513. The largest absolute Gasteiger partial charge is 0.293 e. The van der Waals surface area contributed by atoms with E-state index in [0.29, 0.717) is 0 Å². The number of carbonyl (C=O) groups excluding carboxylic acids is 1. The molecule has 74 valence electrons. The molecule has 1 aliphatic heterocycles. The van der Waals surface area contributed by atoms with Crippen molar-refractivity contribution in [1.29, 1.82) is 0 Å². The summed E-state index contributed by atoms with van der Waals surface area (Å²) in [6, 6.07) is 5.51. The van der Waals surface area contributed by atoms with Crippen LogP contribution in [0.5, 0.6) is 0 Å². The van der Waals surface area contributed by atoms with Crippen molar-refractivity contribution >= 4 is 55.4 Å². The molecule has 0 aliphatic carbocycles. The van der Waals surface area contributed by atoms with E-state index in [1.807, 2.05) is 12.1 Å².